The van der Waals surface area contributed by atoms with E-state index >= 15 is 0 Å². The van der Waals surface area contributed by atoms with Crippen molar-refractivity contribution >= 4 is 48.8 Å². The lowest BCUT2D eigenvalue weighted by Crippen LogP contribution is -2.18. The average molecular weight is 652 g/mol. The number of rotatable bonds is 8. The van der Waals surface area contributed by atoms with E-state index < -0.39 is 26.0 Å². The third kappa shape index (κ3) is 5.92. The van der Waals surface area contributed by atoms with Gasteiger partial charge in [-0.05, 0) is 62.6 Å². The Morgan fingerprint density at radius 2 is 1.82 bits per heavy atom. The number of primary sulfonamides is 1. The van der Waals surface area contributed by atoms with Gasteiger partial charge in [0.15, 0.2) is 5.65 Å². The van der Waals surface area contributed by atoms with E-state index in [2.05, 4.69) is 20.3 Å². The van der Waals surface area contributed by atoms with Crippen LogP contribution in [0, 0.1) is 6.92 Å². The number of methoxy groups -OCH3 is 1. The van der Waals surface area contributed by atoms with Gasteiger partial charge < -0.3 is 14.8 Å². The molecule has 1 aliphatic rings. The Bertz CT molecular complexity index is 2140. The molecule has 0 spiro atoms. The second-order valence-electron chi connectivity index (χ2n) is 10.5. The van der Waals surface area contributed by atoms with Gasteiger partial charge in [-0.25, -0.2) is 40.7 Å². The summed E-state index contributed by atoms with van der Waals surface area (Å²) in [6.45, 7) is 2.40. The number of benzene rings is 2. The van der Waals surface area contributed by atoms with Crippen molar-refractivity contribution in [3.05, 3.63) is 78.4 Å². The quantitative estimate of drug-likeness (QED) is 0.233. The molecule has 2 aromatic carbocycles. The van der Waals surface area contributed by atoms with Crippen LogP contribution in [-0.4, -0.2) is 60.0 Å². The van der Waals surface area contributed by atoms with Gasteiger partial charge in [0.25, 0.3) is 10.0 Å². The van der Waals surface area contributed by atoms with Gasteiger partial charge in [0, 0.05) is 24.1 Å². The number of aromatic nitrogens is 5. The zero-order valence-corrected chi connectivity index (χ0v) is 25.9. The van der Waals surface area contributed by atoms with Gasteiger partial charge in [-0.15, -0.1) is 0 Å². The molecule has 0 aliphatic carbocycles. The van der Waals surface area contributed by atoms with Crippen LogP contribution < -0.4 is 10.5 Å². The summed E-state index contributed by atoms with van der Waals surface area (Å²) >= 11 is 0. The molecule has 16 heteroatoms. The molecule has 3 aromatic heterocycles. The molecule has 0 saturated carbocycles. The standard InChI is InChI=1S/C29H29N7O7S2/c1-18-9-11-21(12-10-18)45(40,41)36-16-19(14-23(36)28(37)42-2)25-26-27(35(17-31-26)24-8-3-4-13-43-24)34-29(33-25)32-20-6-5-7-22(15-20)44(30,38)39/h5-7,9-12,14-17,24H,3-4,8,13H2,1-2H3,(H2,30,38,39)(H,32,33,34). The maximum absolute atomic E-state index is 13.7. The van der Waals surface area contributed by atoms with Gasteiger partial charge >= 0.3 is 5.97 Å². The van der Waals surface area contributed by atoms with Gasteiger partial charge in [0.05, 0.1) is 23.2 Å². The molecule has 1 unspecified atom stereocenters. The number of ether oxygens (including phenoxy) is 2. The smallest absolute Gasteiger partial charge is 0.355 e. The van der Waals surface area contributed by atoms with E-state index in [1.807, 2.05) is 6.92 Å². The van der Waals surface area contributed by atoms with Crippen LogP contribution in [0.25, 0.3) is 22.4 Å². The maximum Gasteiger partial charge on any atom is 0.355 e. The minimum absolute atomic E-state index is 0.0240. The Morgan fingerprint density at radius 1 is 1.04 bits per heavy atom. The molecule has 6 rings (SSSR count). The molecule has 3 N–H and O–H groups in total. The lowest BCUT2D eigenvalue weighted by molar-refractivity contribution is -0.0298. The molecule has 4 heterocycles. The van der Waals surface area contributed by atoms with Crippen molar-refractivity contribution in [2.75, 3.05) is 19.0 Å². The predicted molar refractivity (Wildman–Crippen MR) is 164 cm³/mol. The van der Waals surface area contributed by atoms with Crippen molar-refractivity contribution < 1.29 is 31.1 Å². The van der Waals surface area contributed by atoms with Gasteiger partial charge in [0.1, 0.15) is 23.1 Å². The number of hydrogen-bond donors (Lipinski definition) is 2. The number of hydrogen-bond acceptors (Lipinski definition) is 11. The molecule has 0 radical (unpaired) electrons. The highest BCUT2D eigenvalue weighted by Gasteiger charge is 2.28. The van der Waals surface area contributed by atoms with Crippen LogP contribution in [0.4, 0.5) is 11.6 Å². The van der Waals surface area contributed by atoms with Gasteiger partial charge in [-0.1, -0.05) is 23.8 Å². The largest absolute Gasteiger partial charge is 0.464 e. The van der Waals surface area contributed by atoms with Crippen LogP contribution in [0.1, 0.15) is 41.5 Å². The molecule has 234 valence electrons. The number of nitrogens with one attached hydrogen (secondary N) is 1. The number of aryl methyl sites for hydroxylation is 1. The fraction of sp³-hybridized carbons (Fsp3) is 0.241. The summed E-state index contributed by atoms with van der Waals surface area (Å²) in [5.74, 6) is -0.822. The number of sulfonamides is 1. The van der Waals surface area contributed by atoms with Gasteiger partial charge in [0.2, 0.25) is 16.0 Å². The molecule has 1 fully saturated rings. The predicted octanol–water partition coefficient (Wildman–Crippen LogP) is 3.72. The topological polar surface area (TPSA) is 190 Å². The normalized spacial score (nSPS) is 15.7. The first-order valence-corrected chi connectivity index (χ1v) is 16.8. The van der Waals surface area contributed by atoms with Gasteiger partial charge in [-0.2, -0.15) is 4.98 Å². The number of carbonyl (C=O) groups is 1. The van der Waals surface area contributed by atoms with Crippen LogP contribution in [0.3, 0.4) is 0 Å². The van der Waals surface area contributed by atoms with Crippen molar-refractivity contribution in [1.82, 2.24) is 23.5 Å². The highest BCUT2D eigenvalue weighted by molar-refractivity contribution is 7.90. The van der Waals surface area contributed by atoms with E-state index in [0.717, 1.165) is 35.9 Å². The number of nitrogens with two attached hydrogens (primary N) is 1. The Kier molecular flexibility index (Phi) is 7.90. The third-order valence-electron chi connectivity index (χ3n) is 7.34. The molecule has 45 heavy (non-hydrogen) atoms. The van der Waals surface area contributed by atoms with Gasteiger partial charge in [-0.3, -0.25) is 4.57 Å². The Balaban J connectivity index is 1.53. The summed E-state index contributed by atoms with van der Waals surface area (Å²) in [7, 11) is -7.05. The fourth-order valence-electron chi connectivity index (χ4n) is 5.06. The lowest BCUT2D eigenvalue weighted by atomic mass is 10.2. The molecule has 1 saturated heterocycles. The highest BCUT2D eigenvalue weighted by atomic mass is 32.2. The zero-order valence-electron chi connectivity index (χ0n) is 24.2. The van der Waals surface area contributed by atoms with Crippen LogP contribution in [-0.2, 0) is 29.5 Å². The summed E-state index contributed by atoms with van der Waals surface area (Å²) in [5.41, 5.74) is 2.12. The van der Waals surface area contributed by atoms with E-state index in [9.17, 15) is 21.6 Å². The van der Waals surface area contributed by atoms with Crippen molar-refractivity contribution in [3.63, 3.8) is 0 Å². The summed E-state index contributed by atoms with van der Waals surface area (Å²) in [6.07, 6.45) is 5.10. The van der Waals surface area contributed by atoms with Crippen molar-refractivity contribution in [2.24, 2.45) is 5.14 Å². The number of nitrogens with zero attached hydrogens (tertiary/aromatic N) is 5. The SMILES string of the molecule is COC(=O)c1cc(-c2nc(Nc3cccc(S(N)(=O)=O)c3)nc3c2ncn3C2CCCCO2)cn1S(=O)(=O)c1ccc(C)cc1. The maximum atomic E-state index is 13.7. The second kappa shape index (κ2) is 11.7. The minimum atomic E-state index is -4.23. The molecule has 0 amide bonds. The van der Waals surface area contributed by atoms with Crippen LogP contribution in [0.15, 0.2) is 76.9 Å². The summed E-state index contributed by atoms with van der Waals surface area (Å²) in [4.78, 5) is 26.6. The molecular weight excluding hydrogens is 622 g/mol. The van der Waals surface area contributed by atoms with Crippen LogP contribution in [0.5, 0.6) is 0 Å². The Morgan fingerprint density at radius 3 is 2.51 bits per heavy atom. The number of fused-ring (bicyclic) bond motifs is 1. The minimum Gasteiger partial charge on any atom is -0.464 e. The fourth-order valence-corrected chi connectivity index (χ4v) is 6.96. The molecule has 14 nitrogen and oxygen atoms in total. The van der Waals surface area contributed by atoms with Crippen molar-refractivity contribution in [2.45, 2.75) is 42.2 Å². The van der Waals surface area contributed by atoms with E-state index in [4.69, 9.17) is 14.6 Å². The molecule has 5 aromatic rings. The number of imidazole rings is 1. The Labute approximate surface area is 258 Å². The van der Waals surface area contributed by atoms with Crippen molar-refractivity contribution in [1.29, 1.82) is 0 Å². The second-order valence-corrected chi connectivity index (χ2v) is 13.8. The van der Waals surface area contributed by atoms with E-state index in [1.54, 1.807) is 29.1 Å². The molecule has 1 aliphatic heterocycles. The first-order chi connectivity index (χ1) is 21.5. The van der Waals surface area contributed by atoms with E-state index in [-0.39, 0.29) is 38.9 Å². The van der Waals surface area contributed by atoms with Crippen molar-refractivity contribution in [3.8, 4) is 11.3 Å². The first-order valence-electron chi connectivity index (χ1n) is 13.8. The van der Waals surface area contributed by atoms with Crippen LogP contribution >= 0.6 is 0 Å². The molecule has 1 atom stereocenters. The number of carbonyl (C=O) groups excluding carboxylic acids is 1. The third-order valence-corrected chi connectivity index (χ3v) is 9.94. The monoisotopic (exact) mass is 651 g/mol. The lowest BCUT2D eigenvalue weighted by Gasteiger charge is -2.23. The van der Waals surface area contributed by atoms with E-state index in [1.165, 1.54) is 42.6 Å². The summed E-state index contributed by atoms with van der Waals surface area (Å²) in [6, 6.07) is 13.4. The molecular formula is C29H29N7O7S2. The zero-order chi connectivity index (χ0) is 31.9. The average Bonchev–Trinajstić information content (AvgIpc) is 3.67. The summed E-state index contributed by atoms with van der Waals surface area (Å²) in [5, 5.41) is 8.33. The molecule has 0 bridgehead atoms. The Hall–Kier alpha value is -4.64. The summed E-state index contributed by atoms with van der Waals surface area (Å²) < 4.78 is 64.9. The van der Waals surface area contributed by atoms with E-state index in [0.29, 0.717) is 23.5 Å². The first kappa shape index (κ1) is 30.4. The number of esters is 1. The highest BCUT2D eigenvalue weighted by Crippen LogP contribution is 2.34. The van der Waals surface area contributed by atoms with Crippen LogP contribution in [0.2, 0.25) is 0 Å². The number of anilines is 2.